The highest BCUT2D eigenvalue weighted by Crippen LogP contribution is 2.25. The van der Waals surface area contributed by atoms with Gasteiger partial charge in [0, 0.05) is 17.5 Å². The number of thiazole rings is 1. The van der Waals surface area contributed by atoms with Crippen molar-refractivity contribution in [1.29, 1.82) is 0 Å². The van der Waals surface area contributed by atoms with Gasteiger partial charge in [0.15, 0.2) is 0 Å². The van der Waals surface area contributed by atoms with Crippen LogP contribution in [0, 0.1) is 0 Å². The number of nitrogens with one attached hydrogen (secondary N) is 1. The van der Waals surface area contributed by atoms with E-state index in [2.05, 4.69) is 10.3 Å². The molecule has 134 valence electrons. The average molecular weight is 368 g/mol. The van der Waals surface area contributed by atoms with E-state index < -0.39 is 0 Å². The van der Waals surface area contributed by atoms with Gasteiger partial charge in [-0.3, -0.25) is 4.79 Å². The fourth-order valence-electron chi connectivity index (χ4n) is 2.43. The summed E-state index contributed by atoms with van der Waals surface area (Å²) in [4.78, 5) is 16.8. The first-order chi connectivity index (χ1) is 12.7. The number of methoxy groups -OCH3 is 1. The van der Waals surface area contributed by atoms with Gasteiger partial charge < -0.3 is 14.8 Å². The van der Waals surface area contributed by atoms with E-state index in [4.69, 9.17) is 9.47 Å². The second-order valence-corrected chi connectivity index (χ2v) is 6.39. The lowest BCUT2D eigenvalue weighted by Crippen LogP contribution is -2.23. The highest BCUT2D eigenvalue weighted by Gasteiger charge is 2.12. The molecule has 0 radical (unpaired) electrons. The maximum atomic E-state index is 12.4. The third kappa shape index (κ3) is 4.40. The molecule has 3 rings (SSSR count). The summed E-state index contributed by atoms with van der Waals surface area (Å²) in [5, 5.41) is 5.47. The molecule has 1 aromatic heterocycles. The van der Waals surface area contributed by atoms with Gasteiger partial charge in [0.1, 0.15) is 22.2 Å². The number of nitrogens with zero attached hydrogens (tertiary/aromatic N) is 1. The Bertz CT molecular complexity index is 875. The van der Waals surface area contributed by atoms with Crippen molar-refractivity contribution >= 4 is 17.2 Å². The molecule has 1 N–H and O–H groups in total. The van der Waals surface area contributed by atoms with Crippen LogP contribution in [0.1, 0.15) is 23.0 Å². The van der Waals surface area contributed by atoms with Crippen molar-refractivity contribution in [2.24, 2.45) is 0 Å². The molecule has 5 nitrogen and oxygen atoms in total. The Morgan fingerprint density at radius 1 is 1.15 bits per heavy atom. The summed E-state index contributed by atoms with van der Waals surface area (Å²) in [6.45, 7) is 2.98. The summed E-state index contributed by atoms with van der Waals surface area (Å²) in [5.41, 5.74) is 2.36. The summed E-state index contributed by atoms with van der Waals surface area (Å²) < 4.78 is 10.6. The Kier molecular flexibility index (Phi) is 5.86. The van der Waals surface area contributed by atoms with Crippen LogP contribution in [0.25, 0.3) is 10.6 Å². The van der Waals surface area contributed by atoms with E-state index in [1.807, 2.05) is 55.5 Å². The van der Waals surface area contributed by atoms with E-state index in [9.17, 15) is 4.79 Å². The molecule has 0 saturated carbocycles. The fourth-order valence-corrected chi connectivity index (χ4v) is 3.24. The Morgan fingerprint density at radius 2 is 1.96 bits per heavy atom. The molecule has 1 amide bonds. The number of benzene rings is 2. The predicted octanol–water partition coefficient (Wildman–Crippen LogP) is 4.15. The third-order valence-electron chi connectivity index (χ3n) is 3.74. The molecule has 0 bridgehead atoms. The van der Waals surface area contributed by atoms with Gasteiger partial charge in [-0.15, -0.1) is 11.3 Å². The van der Waals surface area contributed by atoms with Crippen molar-refractivity contribution in [2.75, 3.05) is 13.7 Å². The SMILES string of the molecule is CCOc1cccc(CNC(=O)c2csc(-c3ccc(OC)cc3)n2)c1. The van der Waals surface area contributed by atoms with Crippen LogP contribution in [0.3, 0.4) is 0 Å². The first-order valence-electron chi connectivity index (χ1n) is 8.29. The molecule has 26 heavy (non-hydrogen) atoms. The van der Waals surface area contributed by atoms with Crippen LogP contribution in [0.5, 0.6) is 11.5 Å². The third-order valence-corrected chi connectivity index (χ3v) is 4.63. The molecule has 6 heteroatoms. The quantitative estimate of drug-likeness (QED) is 0.681. The highest BCUT2D eigenvalue weighted by molar-refractivity contribution is 7.13. The van der Waals surface area contributed by atoms with Crippen LogP contribution < -0.4 is 14.8 Å². The van der Waals surface area contributed by atoms with Crippen molar-refractivity contribution in [3.05, 3.63) is 65.2 Å². The number of hydrogen-bond donors (Lipinski definition) is 1. The first-order valence-corrected chi connectivity index (χ1v) is 9.17. The number of carbonyl (C=O) groups is 1. The molecular weight excluding hydrogens is 348 g/mol. The lowest BCUT2D eigenvalue weighted by atomic mass is 10.2. The molecule has 0 atom stereocenters. The van der Waals surface area contributed by atoms with E-state index in [0.717, 1.165) is 27.6 Å². The molecule has 1 heterocycles. The monoisotopic (exact) mass is 368 g/mol. The van der Waals surface area contributed by atoms with Gasteiger partial charge in [-0.2, -0.15) is 0 Å². The van der Waals surface area contributed by atoms with Crippen LogP contribution in [0.15, 0.2) is 53.9 Å². The molecule has 0 fully saturated rings. The predicted molar refractivity (Wildman–Crippen MR) is 103 cm³/mol. The average Bonchev–Trinajstić information content (AvgIpc) is 3.17. The minimum atomic E-state index is -0.192. The number of ether oxygens (including phenoxy) is 2. The second-order valence-electron chi connectivity index (χ2n) is 5.53. The Hall–Kier alpha value is -2.86. The zero-order chi connectivity index (χ0) is 18.4. The number of hydrogen-bond acceptors (Lipinski definition) is 5. The van der Waals surface area contributed by atoms with Gasteiger partial charge in [0.2, 0.25) is 0 Å². The summed E-state index contributed by atoms with van der Waals surface area (Å²) in [7, 11) is 1.63. The standard InChI is InChI=1S/C20H20N2O3S/c1-3-25-17-6-4-5-14(11-17)12-21-19(23)18-13-26-20(22-18)15-7-9-16(24-2)10-8-15/h4-11,13H,3,12H2,1-2H3,(H,21,23). The minimum Gasteiger partial charge on any atom is -0.497 e. The van der Waals surface area contributed by atoms with Crippen molar-refractivity contribution in [3.63, 3.8) is 0 Å². The number of rotatable bonds is 7. The summed E-state index contributed by atoms with van der Waals surface area (Å²) in [6, 6.07) is 15.3. The maximum Gasteiger partial charge on any atom is 0.271 e. The molecule has 0 aliphatic carbocycles. The van der Waals surface area contributed by atoms with Gasteiger partial charge in [0.05, 0.1) is 13.7 Å². The lowest BCUT2D eigenvalue weighted by Gasteiger charge is -2.07. The number of amides is 1. The van der Waals surface area contributed by atoms with Crippen LogP contribution >= 0.6 is 11.3 Å². The van der Waals surface area contributed by atoms with E-state index in [1.54, 1.807) is 12.5 Å². The van der Waals surface area contributed by atoms with Crippen molar-refractivity contribution < 1.29 is 14.3 Å². The normalized spacial score (nSPS) is 10.4. The van der Waals surface area contributed by atoms with Gasteiger partial charge >= 0.3 is 0 Å². The highest BCUT2D eigenvalue weighted by atomic mass is 32.1. The minimum absolute atomic E-state index is 0.192. The second kappa shape index (κ2) is 8.49. The van der Waals surface area contributed by atoms with E-state index in [1.165, 1.54) is 11.3 Å². The number of carbonyl (C=O) groups excluding carboxylic acids is 1. The molecular formula is C20H20N2O3S. The number of aromatic nitrogens is 1. The van der Waals surface area contributed by atoms with Gasteiger partial charge in [0.25, 0.3) is 5.91 Å². The zero-order valence-corrected chi connectivity index (χ0v) is 15.5. The maximum absolute atomic E-state index is 12.4. The van der Waals surface area contributed by atoms with Crippen molar-refractivity contribution in [3.8, 4) is 22.1 Å². The molecule has 0 unspecified atom stereocenters. The van der Waals surface area contributed by atoms with E-state index in [-0.39, 0.29) is 5.91 Å². The van der Waals surface area contributed by atoms with Crippen LogP contribution in [0.2, 0.25) is 0 Å². The van der Waals surface area contributed by atoms with Crippen LogP contribution in [-0.2, 0) is 6.54 Å². The largest absolute Gasteiger partial charge is 0.497 e. The van der Waals surface area contributed by atoms with E-state index >= 15 is 0 Å². The summed E-state index contributed by atoms with van der Waals surface area (Å²) in [6.07, 6.45) is 0. The summed E-state index contributed by atoms with van der Waals surface area (Å²) in [5.74, 6) is 1.40. The topological polar surface area (TPSA) is 60.5 Å². The molecule has 0 aliphatic heterocycles. The van der Waals surface area contributed by atoms with Crippen molar-refractivity contribution in [1.82, 2.24) is 10.3 Å². The molecule has 0 saturated heterocycles. The lowest BCUT2D eigenvalue weighted by molar-refractivity contribution is 0.0946. The first kappa shape index (κ1) is 17.9. The Balaban J connectivity index is 1.63. The molecule has 0 spiro atoms. The van der Waals surface area contributed by atoms with Gasteiger partial charge in [-0.1, -0.05) is 12.1 Å². The molecule has 2 aromatic carbocycles. The van der Waals surface area contributed by atoms with Crippen molar-refractivity contribution in [2.45, 2.75) is 13.5 Å². The van der Waals surface area contributed by atoms with E-state index in [0.29, 0.717) is 18.8 Å². The smallest absolute Gasteiger partial charge is 0.271 e. The molecule has 0 aliphatic rings. The fraction of sp³-hybridized carbons (Fsp3) is 0.200. The Labute approximate surface area is 156 Å². The molecule has 3 aromatic rings. The van der Waals surface area contributed by atoms with Gasteiger partial charge in [-0.05, 0) is 48.9 Å². The summed E-state index contributed by atoms with van der Waals surface area (Å²) >= 11 is 1.44. The van der Waals surface area contributed by atoms with Crippen LogP contribution in [0.4, 0.5) is 0 Å². The Morgan fingerprint density at radius 3 is 2.69 bits per heavy atom. The zero-order valence-electron chi connectivity index (χ0n) is 14.7. The van der Waals surface area contributed by atoms with Gasteiger partial charge in [-0.25, -0.2) is 4.98 Å². The van der Waals surface area contributed by atoms with Crippen LogP contribution in [-0.4, -0.2) is 24.6 Å².